The van der Waals surface area contributed by atoms with Gasteiger partial charge in [-0.05, 0) is 19.1 Å². The van der Waals surface area contributed by atoms with Crippen molar-refractivity contribution in [1.29, 1.82) is 5.26 Å². The highest BCUT2D eigenvalue weighted by Crippen LogP contribution is 2.46. The van der Waals surface area contributed by atoms with Gasteiger partial charge in [0.2, 0.25) is 0 Å². The molecular weight excluding hydrogens is 208 g/mol. The van der Waals surface area contributed by atoms with Crippen LogP contribution in [0.1, 0.15) is 18.5 Å². The van der Waals surface area contributed by atoms with E-state index in [1.54, 1.807) is 6.20 Å². The molecule has 0 aliphatic heterocycles. The number of nitriles is 1. The Morgan fingerprint density at radius 3 is 2.80 bits per heavy atom. The fourth-order valence-electron chi connectivity index (χ4n) is 1.32. The van der Waals surface area contributed by atoms with E-state index in [1.165, 1.54) is 19.0 Å². The van der Waals surface area contributed by atoms with Crippen LogP contribution in [0.2, 0.25) is 0 Å². The van der Waals surface area contributed by atoms with Crippen molar-refractivity contribution in [3.63, 3.8) is 0 Å². The number of hydrogen-bond donors (Lipinski definition) is 1. The summed E-state index contributed by atoms with van der Waals surface area (Å²) >= 11 is 1.90. The van der Waals surface area contributed by atoms with E-state index in [4.69, 9.17) is 5.26 Å². The van der Waals surface area contributed by atoms with Crippen LogP contribution in [0.3, 0.4) is 0 Å². The van der Waals surface area contributed by atoms with Gasteiger partial charge in [0.05, 0.1) is 12.4 Å². The monoisotopic (exact) mass is 220 g/mol. The molecule has 78 valence electrons. The first kappa shape index (κ1) is 10.2. The first-order valence-corrected chi connectivity index (χ1v) is 6.02. The van der Waals surface area contributed by atoms with E-state index in [0.29, 0.717) is 10.4 Å². The Morgan fingerprint density at radius 1 is 1.53 bits per heavy atom. The summed E-state index contributed by atoms with van der Waals surface area (Å²) < 4.78 is 0.412. The van der Waals surface area contributed by atoms with Crippen molar-refractivity contribution >= 4 is 17.6 Å². The Hall–Kier alpha value is -1.28. The molecule has 0 amide bonds. The van der Waals surface area contributed by atoms with Gasteiger partial charge in [-0.15, -0.1) is 0 Å². The first-order chi connectivity index (χ1) is 7.28. The maximum Gasteiger partial charge on any atom is 0.158 e. The third kappa shape index (κ3) is 2.39. The van der Waals surface area contributed by atoms with Crippen molar-refractivity contribution in [1.82, 2.24) is 9.97 Å². The molecule has 0 radical (unpaired) electrons. The molecular formula is C10H12N4S. The average molecular weight is 220 g/mol. The van der Waals surface area contributed by atoms with Crippen molar-refractivity contribution in [3.05, 3.63) is 18.1 Å². The van der Waals surface area contributed by atoms with Gasteiger partial charge in [0.25, 0.3) is 0 Å². The van der Waals surface area contributed by atoms with Gasteiger partial charge in [0.1, 0.15) is 11.9 Å². The van der Waals surface area contributed by atoms with Crippen LogP contribution in [0.5, 0.6) is 0 Å². The summed E-state index contributed by atoms with van der Waals surface area (Å²) in [5.74, 6) is 0.745. The Morgan fingerprint density at radius 2 is 2.33 bits per heavy atom. The third-order valence-corrected chi connectivity index (χ3v) is 4.02. The Bertz CT molecular complexity index is 377. The van der Waals surface area contributed by atoms with Crippen LogP contribution in [0.15, 0.2) is 12.4 Å². The minimum atomic E-state index is 0.353. The topological polar surface area (TPSA) is 61.6 Å². The summed E-state index contributed by atoms with van der Waals surface area (Å²) in [5.41, 5.74) is 0.353. The van der Waals surface area contributed by atoms with Gasteiger partial charge in [-0.1, -0.05) is 0 Å². The minimum absolute atomic E-state index is 0.353. The molecule has 0 bridgehead atoms. The second-order valence-corrected chi connectivity index (χ2v) is 4.91. The zero-order valence-corrected chi connectivity index (χ0v) is 9.34. The van der Waals surface area contributed by atoms with E-state index in [2.05, 4.69) is 21.5 Å². The number of rotatable bonds is 4. The molecule has 1 aliphatic rings. The number of thioether (sulfide) groups is 1. The van der Waals surface area contributed by atoms with Crippen LogP contribution in [-0.4, -0.2) is 27.5 Å². The Balaban J connectivity index is 1.91. The van der Waals surface area contributed by atoms with Crippen molar-refractivity contribution in [3.8, 4) is 6.07 Å². The summed E-state index contributed by atoms with van der Waals surface area (Å²) in [6.07, 6.45) is 7.77. The molecule has 1 heterocycles. The highest BCUT2D eigenvalue weighted by molar-refractivity contribution is 8.00. The van der Waals surface area contributed by atoms with Crippen LogP contribution in [0.25, 0.3) is 0 Å². The SMILES string of the molecule is CSC1(CNc2cnc(C#N)cn2)CC1. The third-order valence-electron chi connectivity index (χ3n) is 2.60. The van der Waals surface area contributed by atoms with Gasteiger partial charge >= 0.3 is 0 Å². The lowest BCUT2D eigenvalue weighted by Gasteiger charge is -2.12. The maximum absolute atomic E-state index is 8.56. The maximum atomic E-state index is 8.56. The largest absolute Gasteiger partial charge is 0.367 e. The molecule has 0 spiro atoms. The molecule has 1 aliphatic carbocycles. The second-order valence-electron chi connectivity index (χ2n) is 3.64. The number of nitrogens with zero attached hydrogens (tertiary/aromatic N) is 3. The Kier molecular flexibility index (Phi) is 2.78. The van der Waals surface area contributed by atoms with Crippen LogP contribution in [0.4, 0.5) is 5.82 Å². The summed E-state index contributed by atoms with van der Waals surface area (Å²) in [7, 11) is 0. The minimum Gasteiger partial charge on any atom is -0.367 e. The Labute approximate surface area is 93.1 Å². The number of hydrogen-bond acceptors (Lipinski definition) is 5. The van der Waals surface area contributed by atoms with Crippen LogP contribution in [0, 0.1) is 11.3 Å². The van der Waals surface area contributed by atoms with Gasteiger partial charge in [-0.2, -0.15) is 17.0 Å². The second kappa shape index (κ2) is 4.07. The molecule has 4 nitrogen and oxygen atoms in total. The summed E-state index contributed by atoms with van der Waals surface area (Å²) in [4.78, 5) is 8.06. The van der Waals surface area contributed by atoms with E-state index in [9.17, 15) is 0 Å². The van der Waals surface area contributed by atoms with Gasteiger partial charge in [0.15, 0.2) is 5.69 Å². The highest BCUT2D eigenvalue weighted by atomic mass is 32.2. The predicted molar refractivity (Wildman–Crippen MR) is 60.7 cm³/mol. The lowest BCUT2D eigenvalue weighted by Crippen LogP contribution is -2.18. The van der Waals surface area contributed by atoms with Crippen LogP contribution < -0.4 is 5.32 Å². The van der Waals surface area contributed by atoms with Crippen LogP contribution in [-0.2, 0) is 0 Å². The molecule has 2 rings (SSSR count). The summed E-state index contributed by atoms with van der Waals surface area (Å²) in [6.45, 7) is 0.925. The standard InChI is InChI=1S/C10H12N4S/c1-15-10(2-3-10)7-14-9-6-12-8(4-11)5-13-9/h5-6H,2-3,7H2,1H3,(H,13,14). The van der Waals surface area contributed by atoms with Crippen molar-refractivity contribution in [2.24, 2.45) is 0 Å². The molecule has 1 aromatic heterocycles. The molecule has 1 aromatic rings. The van der Waals surface area contributed by atoms with E-state index in [-0.39, 0.29) is 0 Å². The fourth-order valence-corrected chi connectivity index (χ4v) is 2.05. The van der Waals surface area contributed by atoms with Gasteiger partial charge in [-0.25, -0.2) is 9.97 Å². The molecule has 0 atom stereocenters. The molecule has 5 heteroatoms. The molecule has 1 fully saturated rings. The fraction of sp³-hybridized carbons (Fsp3) is 0.500. The van der Waals surface area contributed by atoms with E-state index in [0.717, 1.165) is 12.4 Å². The van der Waals surface area contributed by atoms with Crippen molar-refractivity contribution < 1.29 is 0 Å². The smallest absolute Gasteiger partial charge is 0.158 e. The quantitative estimate of drug-likeness (QED) is 0.836. The molecule has 1 N–H and O–H groups in total. The lowest BCUT2D eigenvalue weighted by atomic mass is 10.4. The van der Waals surface area contributed by atoms with E-state index in [1.807, 2.05) is 17.8 Å². The van der Waals surface area contributed by atoms with Gasteiger partial charge in [-0.3, -0.25) is 0 Å². The number of aromatic nitrogens is 2. The van der Waals surface area contributed by atoms with Crippen molar-refractivity contribution in [2.75, 3.05) is 18.1 Å². The van der Waals surface area contributed by atoms with Gasteiger partial charge in [0, 0.05) is 11.3 Å². The number of anilines is 1. The summed E-state index contributed by atoms with van der Waals surface area (Å²) in [6, 6.07) is 1.94. The molecule has 0 saturated heterocycles. The average Bonchev–Trinajstić information content (AvgIpc) is 3.08. The molecule has 0 aromatic carbocycles. The predicted octanol–water partition coefficient (Wildman–Crippen LogP) is 1.66. The van der Waals surface area contributed by atoms with Gasteiger partial charge < -0.3 is 5.32 Å². The molecule has 1 saturated carbocycles. The zero-order chi connectivity index (χ0) is 10.7. The zero-order valence-electron chi connectivity index (χ0n) is 8.53. The lowest BCUT2D eigenvalue weighted by molar-refractivity contribution is 0.936. The molecule has 0 unspecified atom stereocenters. The molecule has 15 heavy (non-hydrogen) atoms. The van der Waals surface area contributed by atoms with Crippen LogP contribution >= 0.6 is 11.8 Å². The van der Waals surface area contributed by atoms with E-state index < -0.39 is 0 Å². The highest BCUT2D eigenvalue weighted by Gasteiger charge is 2.41. The normalized spacial score (nSPS) is 16.8. The first-order valence-electron chi connectivity index (χ1n) is 4.79. The number of nitrogens with one attached hydrogen (secondary N) is 1. The summed E-state index contributed by atoms with van der Waals surface area (Å²) in [5, 5.41) is 11.8. The van der Waals surface area contributed by atoms with E-state index >= 15 is 0 Å². The van der Waals surface area contributed by atoms with Crippen molar-refractivity contribution in [2.45, 2.75) is 17.6 Å².